The number of amides is 1. The molecule has 2 aromatic heterocycles. The normalized spacial score (nSPS) is 14.8. The van der Waals surface area contributed by atoms with Crippen molar-refractivity contribution < 1.29 is 9.32 Å². The van der Waals surface area contributed by atoms with Crippen LogP contribution in [0.15, 0.2) is 20.2 Å². The molecule has 0 unspecified atom stereocenters. The summed E-state index contributed by atoms with van der Waals surface area (Å²) in [7, 11) is 4.39. The molecule has 1 saturated carbocycles. The summed E-state index contributed by atoms with van der Waals surface area (Å²) in [6.45, 7) is 0.137. The molecule has 0 bridgehead atoms. The number of carbonyl (C=O) groups is 1. The number of aromatic nitrogens is 4. The van der Waals surface area contributed by atoms with Crippen LogP contribution >= 0.6 is 0 Å². The van der Waals surface area contributed by atoms with E-state index in [0.29, 0.717) is 17.6 Å². The molecular formula is C16H21N5O4. The Morgan fingerprint density at radius 1 is 1.28 bits per heavy atom. The number of carbonyl (C=O) groups excluding carboxylic acids is 1. The zero-order chi connectivity index (χ0) is 18.1. The first-order valence-corrected chi connectivity index (χ1v) is 8.23. The van der Waals surface area contributed by atoms with Gasteiger partial charge in [-0.1, -0.05) is 18.0 Å². The van der Waals surface area contributed by atoms with Crippen LogP contribution in [-0.4, -0.2) is 37.1 Å². The zero-order valence-electron chi connectivity index (χ0n) is 14.6. The highest BCUT2D eigenvalue weighted by Gasteiger charge is 2.24. The van der Waals surface area contributed by atoms with Gasteiger partial charge >= 0.3 is 5.69 Å². The molecule has 3 rings (SSSR count). The van der Waals surface area contributed by atoms with Crippen LogP contribution in [0, 0.1) is 0 Å². The molecule has 0 aromatic carbocycles. The SMILES string of the molecule is CN(Cc1noc(C2CCCC2)n1)C(=O)c1cc(=O)n(C)c(=O)n1C. The molecule has 1 amide bonds. The third kappa shape index (κ3) is 3.26. The van der Waals surface area contributed by atoms with Crippen LogP contribution in [-0.2, 0) is 20.6 Å². The molecule has 2 aromatic rings. The van der Waals surface area contributed by atoms with Gasteiger partial charge in [0.2, 0.25) is 5.89 Å². The Bertz CT molecular complexity index is 904. The molecule has 0 radical (unpaired) electrons. The summed E-state index contributed by atoms with van der Waals surface area (Å²) in [5.41, 5.74) is -1.05. The zero-order valence-corrected chi connectivity index (χ0v) is 14.6. The van der Waals surface area contributed by atoms with Crippen LogP contribution < -0.4 is 11.2 Å². The van der Waals surface area contributed by atoms with Crippen molar-refractivity contribution in [3.05, 3.63) is 44.3 Å². The Morgan fingerprint density at radius 2 is 1.96 bits per heavy atom. The number of hydrogen-bond donors (Lipinski definition) is 0. The fraction of sp³-hybridized carbons (Fsp3) is 0.562. The van der Waals surface area contributed by atoms with Crippen molar-refractivity contribution in [1.82, 2.24) is 24.2 Å². The fourth-order valence-electron chi connectivity index (χ4n) is 3.09. The Hall–Kier alpha value is -2.71. The molecule has 1 aliphatic rings. The van der Waals surface area contributed by atoms with Gasteiger partial charge in [-0.15, -0.1) is 0 Å². The second-order valence-corrected chi connectivity index (χ2v) is 6.46. The molecule has 0 aliphatic heterocycles. The topological polar surface area (TPSA) is 103 Å². The van der Waals surface area contributed by atoms with Gasteiger partial charge in [-0.2, -0.15) is 4.98 Å². The van der Waals surface area contributed by atoms with Crippen LogP contribution in [0.25, 0.3) is 0 Å². The fourth-order valence-corrected chi connectivity index (χ4v) is 3.09. The summed E-state index contributed by atoms with van der Waals surface area (Å²) >= 11 is 0. The molecule has 134 valence electrons. The molecule has 9 heteroatoms. The van der Waals surface area contributed by atoms with E-state index in [9.17, 15) is 14.4 Å². The lowest BCUT2D eigenvalue weighted by molar-refractivity contribution is 0.0768. The summed E-state index contributed by atoms with van der Waals surface area (Å²) in [6.07, 6.45) is 4.42. The van der Waals surface area contributed by atoms with Crippen LogP contribution in [0.4, 0.5) is 0 Å². The van der Waals surface area contributed by atoms with Crippen LogP contribution in [0.5, 0.6) is 0 Å². The van der Waals surface area contributed by atoms with Crippen molar-refractivity contribution in [2.24, 2.45) is 14.1 Å². The lowest BCUT2D eigenvalue weighted by Gasteiger charge is -2.17. The molecule has 2 heterocycles. The van der Waals surface area contributed by atoms with Crippen LogP contribution in [0.1, 0.15) is 53.8 Å². The van der Waals surface area contributed by atoms with Gasteiger partial charge in [-0.25, -0.2) is 4.79 Å². The third-order valence-corrected chi connectivity index (χ3v) is 4.66. The van der Waals surface area contributed by atoms with Crippen molar-refractivity contribution in [3.8, 4) is 0 Å². The van der Waals surface area contributed by atoms with Crippen molar-refractivity contribution in [2.45, 2.75) is 38.1 Å². The first-order chi connectivity index (χ1) is 11.9. The first-order valence-electron chi connectivity index (χ1n) is 8.23. The molecule has 1 aliphatic carbocycles. The van der Waals surface area contributed by atoms with Gasteiger partial charge in [0.05, 0.1) is 6.54 Å². The average molecular weight is 347 g/mol. The molecule has 0 spiro atoms. The van der Waals surface area contributed by atoms with E-state index in [-0.39, 0.29) is 12.2 Å². The summed E-state index contributed by atoms with van der Waals surface area (Å²) in [4.78, 5) is 42.1. The van der Waals surface area contributed by atoms with E-state index >= 15 is 0 Å². The molecule has 0 saturated heterocycles. The van der Waals surface area contributed by atoms with Crippen molar-refractivity contribution in [1.29, 1.82) is 0 Å². The summed E-state index contributed by atoms with van der Waals surface area (Å²) < 4.78 is 7.41. The lowest BCUT2D eigenvalue weighted by atomic mass is 10.1. The van der Waals surface area contributed by atoms with Gasteiger partial charge in [0.15, 0.2) is 5.82 Å². The number of rotatable bonds is 4. The minimum atomic E-state index is -0.549. The van der Waals surface area contributed by atoms with Gasteiger partial charge in [0.25, 0.3) is 11.5 Å². The van der Waals surface area contributed by atoms with Crippen molar-refractivity contribution in [2.75, 3.05) is 7.05 Å². The van der Waals surface area contributed by atoms with Gasteiger partial charge in [-0.05, 0) is 12.8 Å². The standard InChI is InChI=1S/C16H21N5O4/c1-19(9-12-17-14(25-18-12)10-6-4-5-7-10)15(23)11-8-13(22)21(3)16(24)20(11)2/h8,10H,4-7,9H2,1-3H3. The average Bonchev–Trinajstić information content (AvgIpc) is 3.26. The summed E-state index contributed by atoms with van der Waals surface area (Å²) in [6, 6.07) is 1.15. The Morgan fingerprint density at radius 3 is 2.64 bits per heavy atom. The maximum atomic E-state index is 12.6. The first kappa shape index (κ1) is 17.1. The van der Waals surface area contributed by atoms with Gasteiger partial charge in [-0.3, -0.25) is 18.7 Å². The summed E-state index contributed by atoms with van der Waals surface area (Å²) in [5.74, 6) is 0.880. The highest BCUT2D eigenvalue weighted by Crippen LogP contribution is 2.32. The minimum Gasteiger partial charge on any atom is -0.339 e. The predicted octanol–water partition coefficient (Wildman–Crippen LogP) is 0.397. The summed E-state index contributed by atoms with van der Waals surface area (Å²) in [5, 5.41) is 3.93. The van der Waals surface area contributed by atoms with Crippen LogP contribution in [0.2, 0.25) is 0 Å². The minimum absolute atomic E-state index is 0.0233. The van der Waals surface area contributed by atoms with E-state index in [1.807, 2.05) is 0 Å². The highest BCUT2D eigenvalue weighted by molar-refractivity contribution is 5.92. The molecule has 1 fully saturated rings. The molecular weight excluding hydrogens is 326 g/mol. The van der Waals surface area contributed by atoms with E-state index in [1.54, 1.807) is 7.05 Å². The van der Waals surface area contributed by atoms with Crippen LogP contribution in [0.3, 0.4) is 0 Å². The number of hydrogen-bond acceptors (Lipinski definition) is 6. The van der Waals surface area contributed by atoms with Gasteiger partial charge in [0, 0.05) is 33.1 Å². The van der Waals surface area contributed by atoms with E-state index in [4.69, 9.17) is 4.52 Å². The van der Waals surface area contributed by atoms with Crippen molar-refractivity contribution in [3.63, 3.8) is 0 Å². The molecule has 9 nitrogen and oxygen atoms in total. The maximum Gasteiger partial charge on any atom is 0.331 e. The second kappa shape index (κ2) is 6.66. The van der Waals surface area contributed by atoms with Gasteiger partial charge in [0.1, 0.15) is 5.69 Å². The monoisotopic (exact) mass is 347 g/mol. The number of nitrogens with zero attached hydrogens (tertiary/aromatic N) is 5. The maximum absolute atomic E-state index is 12.6. The van der Waals surface area contributed by atoms with E-state index in [1.165, 1.54) is 19.0 Å². The van der Waals surface area contributed by atoms with E-state index in [0.717, 1.165) is 40.9 Å². The molecule has 0 N–H and O–H groups in total. The quantitative estimate of drug-likeness (QED) is 0.793. The Balaban J connectivity index is 1.77. The third-order valence-electron chi connectivity index (χ3n) is 4.66. The Labute approximate surface area is 143 Å². The van der Waals surface area contributed by atoms with E-state index < -0.39 is 17.2 Å². The Kier molecular flexibility index (Phi) is 4.56. The smallest absolute Gasteiger partial charge is 0.331 e. The highest BCUT2D eigenvalue weighted by atomic mass is 16.5. The van der Waals surface area contributed by atoms with Crippen molar-refractivity contribution >= 4 is 5.91 Å². The lowest BCUT2D eigenvalue weighted by Crippen LogP contribution is -2.41. The van der Waals surface area contributed by atoms with E-state index in [2.05, 4.69) is 10.1 Å². The van der Waals surface area contributed by atoms with Gasteiger partial charge < -0.3 is 9.42 Å². The largest absolute Gasteiger partial charge is 0.339 e. The molecule has 25 heavy (non-hydrogen) atoms. The molecule has 0 atom stereocenters. The predicted molar refractivity (Wildman–Crippen MR) is 88.2 cm³/mol. The second-order valence-electron chi connectivity index (χ2n) is 6.46.